The molecule has 1 heterocycles. The normalized spacial score (nSPS) is 10.8. The van der Waals surface area contributed by atoms with Gasteiger partial charge in [0.25, 0.3) is 5.91 Å². The molecule has 0 unspecified atom stereocenters. The summed E-state index contributed by atoms with van der Waals surface area (Å²) < 4.78 is 16.8. The topological polar surface area (TPSA) is 63.1 Å². The first-order valence-corrected chi connectivity index (χ1v) is 12.1. The van der Waals surface area contributed by atoms with Crippen LogP contribution in [-0.4, -0.2) is 28.7 Å². The van der Waals surface area contributed by atoms with Crippen molar-refractivity contribution in [2.45, 2.75) is 11.4 Å². The van der Waals surface area contributed by atoms with Crippen LogP contribution in [-0.2, 0) is 11.3 Å². The molecule has 8 heteroatoms. The summed E-state index contributed by atoms with van der Waals surface area (Å²) in [7, 11) is 0. The van der Waals surface area contributed by atoms with E-state index in [0.29, 0.717) is 13.1 Å². The van der Waals surface area contributed by atoms with E-state index in [2.05, 4.69) is 26.6 Å². The number of benzene rings is 3. The summed E-state index contributed by atoms with van der Waals surface area (Å²) in [5.41, 5.74) is 1.79. The summed E-state index contributed by atoms with van der Waals surface area (Å²) in [5, 5.41) is 6.71. The lowest BCUT2D eigenvalue weighted by Crippen LogP contribution is -2.27. The van der Waals surface area contributed by atoms with Crippen molar-refractivity contribution in [3.05, 3.63) is 94.8 Å². The second kappa shape index (κ2) is 10.7. The number of thioether (sulfide) groups is 1. The molecule has 0 radical (unpaired) electrons. The maximum absolute atomic E-state index is 13.8. The summed E-state index contributed by atoms with van der Waals surface area (Å²) in [6, 6.07) is 21.3. The molecule has 33 heavy (non-hydrogen) atoms. The van der Waals surface area contributed by atoms with Crippen LogP contribution in [0.3, 0.4) is 0 Å². The largest absolute Gasteiger partial charge is 0.350 e. The minimum Gasteiger partial charge on any atom is -0.350 e. The van der Waals surface area contributed by atoms with Crippen molar-refractivity contribution in [1.82, 2.24) is 9.88 Å². The third-order valence-electron chi connectivity index (χ3n) is 5.00. The number of nitrogens with zero attached hydrogens (tertiary/aromatic N) is 1. The van der Waals surface area contributed by atoms with Gasteiger partial charge in [-0.25, -0.2) is 4.39 Å². The molecule has 4 rings (SSSR count). The van der Waals surface area contributed by atoms with Gasteiger partial charge in [-0.3, -0.25) is 9.59 Å². The van der Waals surface area contributed by atoms with Crippen LogP contribution < -0.4 is 10.6 Å². The summed E-state index contributed by atoms with van der Waals surface area (Å²) in [6.07, 6.45) is 1.98. The second-order valence-corrected chi connectivity index (χ2v) is 9.22. The maximum Gasteiger partial charge on any atom is 0.254 e. The van der Waals surface area contributed by atoms with E-state index in [4.69, 9.17) is 0 Å². The van der Waals surface area contributed by atoms with E-state index in [1.807, 2.05) is 59.3 Å². The van der Waals surface area contributed by atoms with Gasteiger partial charge in [0.15, 0.2) is 0 Å². The van der Waals surface area contributed by atoms with Gasteiger partial charge in [0, 0.05) is 45.2 Å². The van der Waals surface area contributed by atoms with Crippen LogP contribution in [0.25, 0.3) is 10.9 Å². The zero-order valence-electron chi connectivity index (χ0n) is 17.6. The van der Waals surface area contributed by atoms with Crippen LogP contribution in [0.1, 0.15) is 10.4 Å². The number of aromatic nitrogens is 1. The van der Waals surface area contributed by atoms with Crippen LogP contribution >= 0.6 is 27.7 Å². The Labute approximate surface area is 203 Å². The first kappa shape index (κ1) is 23.1. The molecule has 3 aromatic carbocycles. The van der Waals surface area contributed by atoms with Crippen molar-refractivity contribution >= 4 is 56.1 Å². The Morgan fingerprint density at radius 1 is 0.970 bits per heavy atom. The third kappa shape index (κ3) is 5.83. The van der Waals surface area contributed by atoms with Gasteiger partial charge in [-0.1, -0.05) is 46.3 Å². The molecule has 0 fully saturated rings. The monoisotopic (exact) mass is 525 g/mol. The van der Waals surface area contributed by atoms with E-state index in [-0.39, 0.29) is 17.2 Å². The number of para-hydroxylation sites is 1. The van der Waals surface area contributed by atoms with Crippen molar-refractivity contribution in [2.75, 3.05) is 17.6 Å². The number of nitrogens with one attached hydrogen (secondary N) is 2. The minimum absolute atomic E-state index is 0.0305. The van der Waals surface area contributed by atoms with E-state index in [9.17, 15) is 14.0 Å². The molecule has 0 atom stereocenters. The average Bonchev–Trinajstić information content (AvgIpc) is 3.17. The van der Waals surface area contributed by atoms with Gasteiger partial charge in [0.1, 0.15) is 5.82 Å². The molecule has 5 nitrogen and oxygen atoms in total. The van der Waals surface area contributed by atoms with Gasteiger partial charge in [-0.15, -0.1) is 11.8 Å². The van der Waals surface area contributed by atoms with Gasteiger partial charge >= 0.3 is 0 Å². The third-order valence-corrected chi connectivity index (χ3v) is 6.57. The van der Waals surface area contributed by atoms with E-state index >= 15 is 0 Å². The summed E-state index contributed by atoms with van der Waals surface area (Å²) in [5.74, 6) is -0.796. The smallest absolute Gasteiger partial charge is 0.254 e. The summed E-state index contributed by atoms with van der Waals surface area (Å²) in [4.78, 5) is 25.6. The zero-order valence-corrected chi connectivity index (χ0v) is 20.0. The van der Waals surface area contributed by atoms with Crippen molar-refractivity contribution in [3.63, 3.8) is 0 Å². The first-order valence-electron chi connectivity index (χ1n) is 10.3. The highest BCUT2D eigenvalue weighted by molar-refractivity contribution is 9.10. The Hall–Kier alpha value is -3.10. The number of amides is 2. The van der Waals surface area contributed by atoms with E-state index in [1.54, 1.807) is 12.1 Å². The predicted molar refractivity (Wildman–Crippen MR) is 134 cm³/mol. The molecular weight excluding hydrogens is 505 g/mol. The molecule has 0 aliphatic carbocycles. The number of hydrogen-bond acceptors (Lipinski definition) is 3. The van der Waals surface area contributed by atoms with Crippen LogP contribution in [0.15, 0.2) is 88.4 Å². The number of rotatable bonds is 8. The highest BCUT2D eigenvalue weighted by atomic mass is 79.9. The molecule has 4 aromatic rings. The van der Waals surface area contributed by atoms with Gasteiger partial charge in [-0.2, -0.15) is 0 Å². The number of carbonyl (C=O) groups excluding carboxylic acids is 2. The molecule has 0 saturated heterocycles. The Morgan fingerprint density at radius 2 is 1.70 bits per heavy atom. The highest BCUT2D eigenvalue weighted by Gasteiger charge is 2.13. The van der Waals surface area contributed by atoms with E-state index < -0.39 is 11.7 Å². The molecule has 2 amide bonds. The Morgan fingerprint density at radius 3 is 2.48 bits per heavy atom. The predicted octanol–water partition coefficient (Wildman–Crippen LogP) is 5.70. The zero-order chi connectivity index (χ0) is 23.2. The fourth-order valence-corrected chi connectivity index (χ4v) is 4.57. The van der Waals surface area contributed by atoms with Gasteiger partial charge in [0.05, 0.1) is 11.3 Å². The SMILES string of the molecule is O=C(CSc1cn(CCNC(=O)c2ccccc2F)c2ccccc12)Nc1ccc(Br)cc1. The fraction of sp³-hybridized carbons (Fsp3) is 0.120. The summed E-state index contributed by atoms with van der Waals surface area (Å²) in [6.45, 7) is 0.867. The number of fused-ring (bicyclic) bond motifs is 1. The molecule has 168 valence electrons. The molecule has 0 bridgehead atoms. The second-order valence-electron chi connectivity index (χ2n) is 7.28. The van der Waals surface area contributed by atoms with Gasteiger partial charge in [0.2, 0.25) is 5.91 Å². The number of halogens is 2. The molecule has 0 saturated carbocycles. The standard InChI is InChI=1S/C25H21BrFN3O2S/c26-17-9-11-18(12-10-17)29-24(31)16-33-23-15-30(22-8-4-2-6-20(22)23)14-13-28-25(32)19-5-1-3-7-21(19)27/h1-12,15H,13-14,16H2,(H,28,32)(H,29,31). The lowest BCUT2D eigenvalue weighted by Gasteiger charge is -2.08. The average molecular weight is 526 g/mol. The van der Waals surface area contributed by atoms with Crippen LogP contribution in [0.2, 0.25) is 0 Å². The minimum atomic E-state index is -0.540. The van der Waals surface area contributed by atoms with E-state index in [1.165, 1.54) is 23.9 Å². The van der Waals surface area contributed by atoms with Crippen LogP contribution in [0, 0.1) is 5.82 Å². The van der Waals surface area contributed by atoms with Crippen LogP contribution in [0.5, 0.6) is 0 Å². The Balaban J connectivity index is 1.39. The highest BCUT2D eigenvalue weighted by Crippen LogP contribution is 2.30. The number of hydrogen-bond donors (Lipinski definition) is 2. The maximum atomic E-state index is 13.8. The van der Waals surface area contributed by atoms with E-state index in [0.717, 1.165) is 26.0 Å². The fourth-order valence-electron chi connectivity index (χ4n) is 3.42. The molecular formula is C25H21BrFN3O2S. The lowest BCUT2D eigenvalue weighted by atomic mass is 10.2. The quantitative estimate of drug-likeness (QED) is 0.290. The summed E-state index contributed by atoms with van der Waals surface area (Å²) >= 11 is 4.84. The number of anilines is 1. The number of carbonyl (C=O) groups is 2. The van der Waals surface area contributed by atoms with Crippen molar-refractivity contribution < 1.29 is 14.0 Å². The van der Waals surface area contributed by atoms with Gasteiger partial charge in [-0.05, 0) is 42.5 Å². The lowest BCUT2D eigenvalue weighted by molar-refractivity contribution is -0.113. The molecule has 0 aliphatic rings. The van der Waals surface area contributed by atoms with Gasteiger partial charge < -0.3 is 15.2 Å². The van der Waals surface area contributed by atoms with Crippen molar-refractivity contribution in [3.8, 4) is 0 Å². The van der Waals surface area contributed by atoms with Crippen LogP contribution in [0.4, 0.5) is 10.1 Å². The molecule has 0 aliphatic heterocycles. The molecule has 2 N–H and O–H groups in total. The Bertz CT molecular complexity index is 1290. The molecule has 0 spiro atoms. The van der Waals surface area contributed by atoms with Crippen molar-refractivity contribution in [2.24, 2.45) is 0 Å². The Kier molecular flexibility index (Phi) is 7.47. The first-order chi connectivity index (χ1) is 16.0. The molecule has 1 aromatic heterocycles. The van der Waals surface area contributed by atoms with Crippen molar-refractivity contribution in [1.29, 1.82) is 0 Å².